The normalized spacial score (nSPS) is 12.5. The Kier molecular flexibility index (Phi) is 9.36. The molecule has 68 heavy (non-hydrogen) atoms. The molecule has 0 amide bonds. The van der Waals surface area contributed by atoms with Crippen LogP contribution in [0.3, 0.4) is 0 Å². The van der Waals surface area contributed by atoms with Crippen molar-refractivity contribution in [1.29, 1.82) is 0 Å². The molecule has 0 bridgehead atoms. The molecule has 4 nitrogen and oxygen atoms in total. The molecule has 0 fully saturated rings. The molecule has 4 heteroatoms. The number of nitrogens with zero attached hydrogens (tertiary/aromatic N) is 4. The van der Waals surface area contributed by atoms with Gasteiger partial charge in [-0.05, 0) is 62.5 Å². The van der Waals surface area contributed by atoms with Gasteiger partial charge in [0, 0.05) is 38.8 Å². The summed E-state index contributed by atoms with van der Waals surface area (Å²) in [4.78, 5) is 10.7. The fourth-order valence-corrected chi connectivity index (χ4v) is 10.6. The molecule has 0 spiro atoms. The molecule has 318 valence electrons. The molecule has 9 aromatic carbocycles. The average Bonchev–Trinajstić information content (AvgIpc) is 3.97. The van der Waals surface area contributed by atoms with Crippen LogP contribution in [-0.4, -0.2) is 19.6 Å². The Balaban J connectivity index is 0.976. The third-order valence-corrected chi connectivity index (χ3v) is 13.7. The highest BCUT2D eigenvalue weighted by Crippen LogP contribution is 2.56. The van der Waals surface area contributed by atoms with E-state index in [1.54, 1.807) is 0 Å². The second-order valence-electron chi connectivity index (χ2n) is 17.5. The van der Waals surface area contributed by atoms with E-state index in [-0.39, 0.29) is 0 Å². The molecule has 0 radical (unpaired) electrons. The molecule has 1 aliphatic rings. The minimum Gasteiger partial charge on any atom is -0.231 e. The lowest BCUT2D eigenvalue weighted by Crippen LogP contribution is -2.28. The zero-order valence-electron chi connectivity index (χ0n) is 37.0. The van der Waals surface area contributed by atoms with Crippen molar-refractivity contribution in [2.24, 2.45) is 0 Å². The molecule has 12 aromatic rings. The lowest BCUT2D eigenvalue weighted by Gasteiger charge is -2.34. The van der Waals surface area contributed by atoms with Gasteiger partial charge in [0.05, 0.1) is 28.0 Å². The minimum atomic E-state index is -0.535. The highest BCUT2D eigenvalue weighted by molar-refractivity contribution is 6.08. The van der Waals surface area contributed by atoms with E-state index in [1.165, 1.54) is 33.4 Å². The Bertz CT molecular complexity index is 3770. The molecule has 1 aliphatic carbocycles. The Hall–Kier alpha value is -8.99. The predicted molar refractivity (Wildman–Crippen MR) is 278 cm³/mol. The maximum absolute atomic E-state index is 5.44. The fourth-order valence-electron chi connectivity index (χ4n) is 10.6. The average molecular weight is 867 g/mol. The first-order valence-electron chi connectivity index (χ1n) is 23.2. The van der Waals surface area contributed by atoms with Crippen LogP contribution in [0.5, 0.6) is 0 Å². The van der Waals surface area contributed by atoms with Gasteiger partial charge >= 0.3 is 0 Å². The molecule has 0 saturated carbocycles. The van der Waals surface area contributed by atoms with Crippen LogP contribution in [-0.2, 0) is 5.41 Å². The van der Waals surface area contributed by atoms with Gasteiger partial charge in [-0.15, -0.1) is 0 Å². The Morgan fingerprint density at radius 3 is 1.51 bits per heavy atom. The monoisotopic (exact) mass is 866 g/mol. The first kappa shape index (κ1) is 39.4. The standard InChI is InChI=1S/C64H42N4/c1-6-20-43(21-7-1)57-42-58(66-63(65-57)49-38-39-54-53-32-18-19-33-55(53)64(56(54)40-49,50-27-12-4-13-28-50)51-29-14-5-15-30-51)44-34-36-45(37-35-44)59-41-48-26-16-17-31-52(48)62-60(46-22-8-2-9-23-46)61(67-68(59)62)47-24-10-3-11-25-47/h1-42H. The zero-order chi connectivity index (χ0) is 45.0. The van der Waals surface area contributed by atoms with Crippen molar-refractivity contribution in [1.82, 2.24) is 19.6 Å². The highest BCUT2D eigenvalue weighted by Gasteiger charge is 2.46. The van der Waals surface area contributed by atoms with E-state index < -0.39 is 5.41 Å². The summed E-state index contributed by atoms with van der Waals surface area (Å²) in [5.74, 6) is 0.675. The van der Waals surface area contributed by atoms with Crippen LogP contribution >= 0.6 is 0 Å². The number of benzene rings is 9. The molecule has 0 atom stereocenters. The summed E-state index contributed by atoms with van der Waals surface area (Å²) in [7, 11) is 0. The maximum atomic E-state index is 5.44. The molecular weight excluding hydrogens is 825 g/mol. The minimum absolute atomic E-state index is 0.535. The third kappa shape index (κ3) is 6.34. The summed E-state index contributed by atoms with van der Waals surface area (Å²) in [5, 5.41) is 7.75. The second kappa shape index (κ2) is 16.2. The Morgan fingerprint density at radius 1 is 0.353 bits per heavy atom. The molecule has 3 heterocycles. The van der Waals surface area contributed by atoms with Crippen molar-refractivity contribution in [2.45, 2.75) is 5.41 Å². The lowest BCUT2D eigenvalue weighted by molar-refractivity contribution is 0.768. The van der Waals surface area contributed by atoms with E-state index in [9.17, 15) is 0 Å². The molecule has 0 unspecified atom stereocenters. The van der Waals surface area contributed by atoms with Crippen LogP contribution in [0.1, 0.15) is 22.3 Å². The highest BCUT2D eigenvalue weighted by atomic mass is 15.2. The van der Waals surface area contributed by atoms with Crippen LogP contribution in [0.2, 0.25) is 0 Å². The molecule has 3 aromatic heterocycles. The van der Waals surface area contributed by atoms with Crippen molar-refractivity contribution in [2.75, 3.05) is 0 Å². The SMILES string of the molecule is c1ccc(-c2cc(-c3ccc(-c4cc5ccccc5c5c(-c6ccccc6)c(-c6ccccc6)nn45)cc3)nc(-c3ccc4c(c3)C(c3ccccc3)(c3ccccc3)c3ccccc3-4)n2)cc1. The molecule has 0 N–H and O–H groups in total. The lowest BCUT2D eigenvalue weighted by atomic mass is 9.67. The summed E-state index contributed by atoms with van der Waals surface area (Å²) in [6.07, 6.45) is 0. The zero-order valence-corrected chi connectivity index (χ0v) is 37.0. The molecule has 0 aliphatic heterocycles. The Morgan fingerprint density at radius 2 is 0.853 bits per heavy atom. The summed E-state index contributed by atoms with van der Waals surface area (Å²) < 4.78 is 2.15. The van der Waals surface area contributed by atoms with Crippen molar-refractivity contribution >= 4 is 16.3 Å². The summed E-state index contributed by atoms with van der Waals surface area (Å²) in [5.41, 5.74) is 19.0. The molecule has 0 saturated heterocycles. The fraction of sp³-hybridized carbons (Fsp3) is 0.0156. The van der Waals surface area contributed by atoms with Crippen molar-refractivity contribution in [3.05, 3.63) is 277 Å². The van der Waals surface area contributed by atoms with Gasteiger partial charge in [0.1, 0.15) is 5.69 Å². The van der Waals surface area contributed by atoms with E-state index in [2.05, 4.69) is 253 Å². The second-order valence-corrected chi connectivity index (χ2v) is 17.5. The van der Waals surface area contributed by atoms with Gasteiger partial charge in [0.25, 0.3) is 0 Å². The van der Waals surface area contributed by atoms with Crippen molar-refractivity contribution < 1.29 is 0 Å². The first-order valence-corrected chi connectivity index (χ1v) is 23.2. The van der Waals surface area contributed by atoms with E-state index in [1.807, 2.05) is 6.07 Å². The van der Waals surface area contributed by atoms with E-state index in [0.717, 1.165) is 78.0 Å². The quantitative estimate of drug-likeness (QED) is 0.153. The number of fused-ring (bicyclic) bond motifs is 6. The number of hydrogen-bond acceptors (Lipinski definition) is 3. The van der Waals surface area contributed by atoms with Gasteiger partial charge in [0.15, 0.2) is 5.82 Å². The topological polar surface area (TPSA) is 43.1 Å². The van der Waals surface area contributed by atoms with Crippen molar-refractivity contribution in [3.8, 4) is 78.7 Å². The van der Waals surface area contributed by atoms with E-state index >= 15 is 0 Å². The van der Waals surface area contributed by atoms with Gasteiger partial charge in [-0.3, -0.25) is 0 Å². The maximum Gasteiger partial charge on any atom is 0.160 e. The Labute approximate surface area is 395 Å². The largest absolute Gasteiger partial charge is 0.231 e. The van der Waals surface area contributed by atoms with Crippen LogP contribution in [0.4, 0.5) is 0 Å². The number of aromatic nitrogens is 4. The van der Waals surface area contributed by atoms with Gasteiger partial charge < -0.3 is 0 Å². The first-order chi connectivity index (χ1) is 33.7. The van der Waals surface area contributed by atoms with Crippen LogP contribution in [0.25, 0.3) is 95.0 Å². The van der Waals surface area contributed by atoms with Gasteiger partial charge in [0.2, 0.25) is 0 Å². The third-order valence-electron chi connectivity index (χ3n) is 13.7. The number of rotatable bonds is 8. The summed E-state index contributed by atoms with van der Waals surface area (Å²) in [6.45, 7) is 0. The smallest absolute Gasteiger partial charge is 0.160 e. The van der Waals surface area contributed by atoms with Crippen LogP contribution in [0, 0.1) is 0 Å². The van der Waals surface area contributed by atoms with Crippen LogP contribution < -0.4 is 0 Å². The van der Waals surface area contributed by atoms with Gasteiger partial charge in [-0.2, -0.15) is 5.10 Å². The summed E-state index contributed by atoms with van der Waals surface area (Å²) >= 11 is 0. The van der Waals surface area contributed by atoms with Gasteiger partial charge in [-0.25, -0.2) is 14.5 Å². The van der Waals surface area contributed by atoms with Crippen LogP contribution in [0.15, 0.2) is 255 Å². The number of pyridine rings is 1. The van der Waals surface area contributed by atoms with E-state index in [4.69, 9.17) is 15.1 Å². The summed E-state index contributed by atoms with van der Waals surface area (Å²) in [6, 6.07) is 90.9. The molecule has 13 rings (SSSR count). The van der Waals surface area contributed by atoms with E-state index in [0.29, 0.717) is 5.82 Å². The van der Waals surface area contributed by atoms with Crippen molar-refractivity contribution in [3.63, 3.8) is 0 Å². The predicted octanol–water partition coefficient (Wildman–Crippen LogP) is 15.6. The number of hydrogen-bond donors (Lipinski definition) is 0. The molecular formula is C64H42N4. The van der Waals surface area contributed by atoms with Gasteiger partial charge in [-0.1, -0.05) is 237 Å².